The van der Waals surface area contributed by atoms with Crippen molar-refractivity contribution in [3.63, 3.8) is 0 Å². The summed E-state index contributed by atoms with van der Waals surface area (Å²) in [5, 5.41) is 9.13. The van der Waals surface area contributed by atoms with Crippen LogP contribution in [0.1, 0.15) is 17.3 Å². The maximum absolute atomic E-state index is 12.6. The minimum absolute atomic E-state index is 0.0122. The van der Waals surface area contributed by atoms with Gasteiger partial charge < -0.3 is 19.5 Å². The van der Waals surface area contributed by atoms with Crippen molar-refractivity contribution in [2.24, 2.45) is 11.8 Å². The molecule has 0 aromatic heterocycles. The summed E-state index contributed by atoms with van der Waals surface area (Å²) in [5.74, 6) is -2.78. The molecule has 126 valence electrons. The highest BCUT2D eigenvalue weighted by Gasteiger charge is 2.38. The highest BCUT2D eigenvalue weighted by molar-refractivity contribution is 5.98. The number of rotatable bonds is 5. The Labute approximate surface area is 131 Å². The summed E-state index contributed by atoms with van der Waals surface area (Å²) in [5.41, 5.74) is -0.0807. The number of hydrogen-bond donors (Lipinski definition) is 1. The molecular weight excluding hydrogens is 312 g/mol. The Hall–Kier alpha value is -2.38. The number of para-hydroxylation sites is 1. The first-order valence-electron chi connectivity index (χ1n) is 6.99. The van der Waals surface area contributed by atoms with E-state index in [1.165, 1.54) is 30.2 Å². The lowest BCUT2D eigenvalue weighted by Crippen LogP contribution is -2.30. The molecule has 0 aliphatic carbocycles. The van der Waals surface area contributed by atoms with Gasteiger partial charge in [-0.2, -0.15) is 8.78 Å². The van der Waals surface area contributed by atoms with Crippen molar-refractivity contribution in [1.29, 1.82) is 0 Å². The first-order chi connectivity index (χ1) is 10.8. The number of alkyl halides is 2. The van der Waals surface area contributed by atoms with E-state index >= 15 is 0 Å². The van der Waals surface area contributed by atoms with Gasteiger partial charge in [0.2, 0.25) is 0 Å². The summed E-state index contributed by atoms with van der Waals surface area (Å²) in [6, 6.07) is 4.24. The topological polar surface area (TPSA) is 76.1 Å². The zero-order valence-electron chi connectivity index (χ0n) is 12.7. The summed E-state index contributed by atoms with van der Waals surface area (Å²) in [6.45, 7) is -1.11. The van der Waals surface area contributed by atoms with E-state index in [1.54, 1.807) is 6.92 Å². The third-order valence-electron chi connectivity index (χ3n) is 3.85. The van der Waals surface area contributed by atoms with Gasteiger partial charge in [-0.15, -0.1) is 0 Å². The fraction of sp³-hybridized carbons (Fsp3) is 0.467. The molecule has 0 spiro atoms. The van der Waals surface area contributed by atoms with Crippen LogP contribution in [0, 0.1) is 11.8 Å². The van der Waals surface area contributed by atoms with Gasteiger partial charge in [-0.25, -0.2) is 0 Å². The molecule has 1 aromatic carbocycles. The molecule has 23 heavy (non-hydrogen) atoms. The van der Waals surface area contributed by atoms with E-state index in [4.69, 9.17) is 9.84 Å². The number of carbonyl (C=O) groups excluding carboxylic acids is 1. The third-order valence-corrected chi connectivity index (χ3v) is 3.85. The first-order valence-corrected chi connectivity index (χ1v) is 6.99. The van der Waals surface area contributed by atoms with E-state index in [2.05, 4.69) is 4.74 Å². The van der Waals surface area contributed by atoms with E-state index in [0.717, 1.165) is 0 Å². The lowest BCUT2D eigenvalue weighted by Gasteiger charge is -2.19. The number of carbonyl (C=O) groups is 2. The molecular formula is C15H17F2NO5. The number of carboxylic acid groups (broad SMARTS) is 1. The van der Waals surface area contributed by atoms with Crippen LogP contribution < -0.4 is 9.47 Å². The number of likely N-dealkylation sites (tertiary alicyclic amines) is 1. The molecule has 2 atom stereocenters. The van der Waals surface area contributed by atoms with E-state index in [0.29, 0.717) is 0 Å². The summed E-state index contributed by atoms with van der Waals surface area (Å²) in [6.07, 6.45) is 0. The minimum atomic E-state index is -3.11. The van der Waals surface area contributed by atoms with Crippen molar-refractivity contribution in [1.82, 2.24) is 4.90 Å². The molecule has 1 aliphatic rings. The van der Waals surface area contributed by atoms with Crippen molar-refractivity contribution in [2.75, 3.05) is 20.2 Å². The Morgan fingerprint density at radius 2 is 2.04 bits per heavy atom. The number of aliphatic carboxylic acids is 1. The molecule has 1 aliphatic heterocycles. The zero-order valence-corrected chi connectivity index (χ0v) is 12.7. The molecule has 2 rings (SSSR count). The van der Waals surface area contributed by atoms with Crippen molar-refractivity contribution in [3.8, 4) is 11.5 Å². The van der Waals surface area contributed by atoms with E-state index in [-0.39, 0.29) is 36.1 Å². The molecule has 0 radical (unpaired) electrons. The molecule has 1 amide bonds. The Balaban J connectivity index is 2.31. The van der Waals surface area contributed by atoms with Crippen molar-refractivity contribution < 1.29 is 33.0 Å². The van der Waals surface area contributed by atoms with Crippen molar-refractivity contribution >= 4 is 11.9 Å². The second-order valence-corrected chi connectivity index (χ2v) is 5.35. The number of methoxy groups -OCH3 is 1. The van der Waals surface area contributed by atoms with Gasteiger partial charge in [0.25, 0.3) is 5.91 Å². The van der Waals surface area contributed by atoms with Crippen LogP contribution in [-0.2, 0) is 4.79 Å². The monoisotopic (exact) mass is 329 g/mol. The van der Waals surface area contributed by atoms with E-state index < -0.39 is 24.4 Å². The van der Waals surface area contributed by atoms with Gasteiger partial charge >= 0.3 is 12.6 Å². The summed E-state index contributed by atoms with van der Waals surface area (Å²) < 4.78 is 34.6. The van der Waals surface area contributed by atoms with Crippen LogP contribution in [-0.4, -0.2) is 48.7 Å². The van der Waals surface area contributed by atoms with Gasteiger partial charge in [0.1, 0.15) is 0 Å². The number of halogens is 2. The lowest BCUT2D eigenvalue weighted by atomic mass is 9.99. The summed E-state index contributed by atoms with van der Waals surface area (Å²) >= 11 is 0. The zero-order chi connectivity index (χ0) is 17.1. The maximum atomic E-state index is 12.6. The predicted octanol–water partition coefficient (Wildman–Crippen LogP) is 2.09. The second-order valence-electron chi connectivity index (χ2n) is 5.35. The van der Waals surface area contributed by atoms with Crippen LogP contribution >= 0.6 is 0 Å². The standard InChI is InChI=1S/C15H17F2NO5/c1-8-6-18(7-10(8)14(20)21)13(19)9-4-3-5-11(22-2)12(9)23-15(16)17/h3-5,8,10,15H,6-7H2,1-2H3,(H,20,21)/t8-,10-/m1/s1. The normalized spacial score (nSPS) is 20.7. The average molecular weight is 329 g/mol. The highest BCUT2D eigenvalue weighted by atomic mass is 19.3. The lowest BCUT2D eigenvalue weighted by molar-refractivity contribution is -0.142. The molecule has 0 unspecified atom stereocenters. The molecule has 1 fully saturated rings. The van der Waals surface area contributed by atoms with Crippen LogP contribution in [0.2, 0.25) is 0 Å². The fourth-order valence-electron chi connectivity index (χ4n) is 2.68. The molecule has 1 N–H and O–H groups in total. The third kappa shape index (κ3) is 3.52. The predicted molar refractivity (Wildman–Crippen MR) is 75.8 cm³/mol. The Morgan fingerprint density at radius 1 is 1.35 bits per heavy atom. The molecule has 1 aromatic rings. The van der Waals surface area contributed by atoms with Gasteiger partial charge in [0.05, 0.1) is 18.6 Å². The van der Waals surface area contributed by atoms with Gasteiger partial charge in [-0.3, -0.25) is 9.59 Å². The van der Waals surface area contributed by atoms with Gasteiger partial charge in [0.15, 0.2) is 11.5 Å². The largest absolute Gasteiger partial charge is 0.493 e. The maximum Gasteiger partial charge on any atom is 0.387 e. The molecule has 0 bridgehead atoms. The van der Waals surface area contributed by atoms with Gasteiger partial charge in [-0.1, -0.05) is 13.0 Å². The number of benzene rings is 1. The first kappa shape index (κ1) is 17.0. The van der Waals surface area contributed by atoms with E-state index in [1.807, 2.05) is 0 Å². The number of hydrogen-bond acceptors (Lipinski definition) is 4. The second kappa shape index (κ2) is 6.80. The molecule has 1 heterocycles. The quantitative estimate of drug-likeness (QED) is 0.895. The Morgan fingerprint density at radius 3 is 2.57 bits per heavy atom. The number of nitrogens with zero attached hydrogens (tertiary/aromatic N) is 1. The molecule has 8 heteroatoms. The van der Waals surface area contributed by atoms with Gasteiger partial charge in [-0.05, 0) is 18.1 Å². The number of amides is 1. The molecule has 1 saturated heterocycles. The van der Waals surface area contributed by atoms with Crippen LogP contribution in [0.3, 0.4) is 0 Å². The minimum Gasteiger partial charge on any atom is -0.493 e. The fourth-order valence-corrected chi connectivity index (χ4v) is 2.68. The summed E-state index contributed by atoms with van der Waals surface area (Å²) in [4.78, 5) is 25.1. The van der Waals surface area contributed by atoms with Crippen LogP contribution in [0.5, 0.6) is 11.5 Å². The number of ether oxygens (including phenoxy) is 2. The van der Waals surface area contributed by atoms with Crippen molar-refractivity contribution in [3.05, 3.63) is 23.8 Å². The van der Waals surface area contributed by atoms with E-state index in [9.17, 15) is 18.4 Å². The number of carboxylic acids is 1. The van der Waals surface area contributed by atoms with Crippen LogP contribution in [0.15, 0.2) is 18.2 Å². The van der Waals surface area contributed by atoms with Gasteiger partial charge in [0, 0.05) is 13.1 Å². The SMILES string of the molecule is COc1cccc(C(=O)N2C[C@@H](C)[C@H](C(=O)O)C2)c1OC(F)F. The Bertz CT molecular complexity index is 608. The van der Waals surface area contributed by atoms with Crippen LogP contribution in [0.4, 0.5) is 8.78 Å². The average Bonchev–Trinajstić information content (AvgIpc) is 2.88. The van der Waals surface area contributed by atoms with Crippen molar-refractivity contribution in [2.45, 2.75) is 13.5 Å². The highest BCUT2D eigenvalue weighted by Crippen LogP contribution is 2.34. The molecule has 6 nitrogen and oxygen atoms in total. The smallest absolute Gasteiger partial charge is 0.387 e. The summed E-state index contributed by atoms with van der Waals surface area (Å²) in [7, 11) is 1.28. The Kier molecular flexibility index (Phi) is 5.02. The van der Waals surface area contributed by atoms with Crippen LogP contribution in [0.25, 0.3) is 0 Å². The molecule has 0 saturated carbocycles.